The molecule has 9 heteroatoms. The molecule has 0 bridgehead atoms. The highest BCUT2D eigenvalue weighted by atomic mass is 79.9. The van der Waals surface area contributed by atoms with E-state index in [9.17, 15) is 9.59 Å². The first-order valence-electron chi connectivity index (χ1n) is 9.77. The Morgan fingerprint density at radius 3 is 2.77 bits per heavy atom. The molecule has 1 saturated heterocycles. The lowest BCUT2D eigenvalue weighted by Gasteiger charge is -2.29. The maximum absolute atomic E-state index is 12.8. The Labute approximate surface area is 185 Å². The van der Waals surface area contributed by atoms with Crippen LogP contribution in [-0.4, -0.2) is 36.0 Å². The van der Waals surface area contributed by atoms with Crippen molar-refractivity contribution >= 4 is 37.5 Å². The van der Waals surface area contributed by atoms with Crippen molar-refractivity contribution in [2.75, 3.05) is 20.3 Å². The van der Waals surface area contributed by atoms with Crippen LogP contribution >= 0.6 is 27.3 Å². The number of rotatable bonds is 6. The van der Waals surface area contributed by atoms with Crippen LogP contribution in [0, 0.1) is 6.92 Å². The van der Waals surface area contributed by atoms with E-state index in [1.54, 1.807) is 11.7 Å². The average Bonchev–Trinajstić information content (AvgIpc) is 3.05. The number of fused-ring (bicyclic) bond motifs is 1. The predicted octanol–water partition coefficient (Wildman–Crippen LogP) is 3.77. The molecule has 3 heterocycles. The number of H-pyrrole nitrogens is 1. The summed E-state index contributed by atoms with van der Waals surface area (Å²) in [5, 5.41) is 0.524. The van der Waals surface area contributed by atoms with E-state index in [0.717, 1.165) is 27.8 Å². The zero-order chi connectivity index (χ0) is 21.3. The Morgan fingerprint density at radius 1 is 1.30 bits per heavy atom. The zero-order valence-corrected chi connectivity index (χ0v) is 19.2. The molecule has 0 amide bonds. The molecule has 0 radical (unpaired) electrons. The van der Waals surface area contributed by atoms with Crippen molar-refractivity contribution in [1.82, 2.24) is 9.55 Å². The third kappa shape index (κ3) is 4.12. The van der Waals surface area contributed by atoms with Gasteiger partial charge in [0.05, 0.1) is 28.9 Å². The first kappa shape index (κ1) is 21.3. The summed E-state index contributed by atoms with van der Waals surface area (Å²) in [7, 11) is 1.62. The van der Waals surface area contributed by atoms with Gasteiger partial charge in [-0.3, -0.25) is 14.3 Å². The molecular formula is C21H23BrN2O5S. The van der Waals surface area contributed by atoms with Gasteiger partial charge in [-0.15, -0.1) is 11.3 Å². The Bertz CT molecular complexity index is 1160. The van der Waals surface area contributed by atoms with Gasteiger partial charge in [-0.25, -0.2) is 4.79 Å². The lowest BCUT2D eigenvalue weighted by Crippen LogP contribution is -2.33. The first-order chi connectivity index (χ1) is 14.5. The number of methoxy groups -OCH3 is 1. The molecule has 1 atom stereocenters. The molecule has 1 aliphatic rings. The quantitative estimate of drug-likeness (QED) is 0.563. The lowest BCUT2D eigenvalue weighted by molar-refractivity contribution is -0.0752. The van der Waals surface area contributed by atoms with E-state index in [0.29, 0.717) is 29.2 Å². The van der Waals surface area contributed by atoms with Gasteiger partial charge in [-0.1, -0.05) is 18.2 Å². The summed E-state index contributed by atoms with van der Waals surface area (Å²) in [5.41, 5.74) is 0.871. The van der Waals surface area contributed by atoms with Crippen molar-refractivity contribution in [2.24, 2.45) is 0 Å². The number of halogens is 1. The predicted molar refractivity (Wildman–Crippen MR) is 120 cm³/mol. The first-order valence-corrected chi connectivity index (χ1v) is 11.4. The summed E-state index contributed by atoms with van der Waals surface area (Å²) in [6.45, 7) is 3.44. The minimum atomic E-state index is -0.447. The number of hydrogen-bond donors (Lipinski definition) is 1. The van der Waals surface area contributed by atoms with E-state index >= 15 is 0 Å². The largest absolute Gasteiger partial charge is 0.496 e. The van der Waals surface area contributed by atoms with Gasteiger partial charge in [0.2, 0.25) is 0 Å². The van der Waals surface area contributed by atoms with Gasteiger partial charge >= 0.3 is 5.69 Å². The lowest BCUT2D eigenvalue weighted by atomic mass is 10.1. The standard InChI is InChI=1S/C21H23BrN2O5S/c1-12-17-19(25)23-21(26)24(20(17)30-18(12)22)11-16(29-13-7-9-28-10-8-13)14-5-3-4-6-15(14)27-2/h3-6,13,16H,7-11H2,1-2H3,(H,23,25,26). The number of nitrogens with one attached hydrogen (secondary N) is 1. The number of nitrogens with zero attached hydrogens (tertiary/aromatic N) is 1. The zero-order valence-electron chi connectivity index (χ0n) is 16.8. The van der Waals surface area contributed by atoms with Crippen LogP contribution in [-0.2, 0) is 16.0 Å². The Morgan fingerprint density at radius 2 is 2.03 bits per heavy atom. The van der Waals surface area contributed by atoms with E-state index in [4.69, 9.17) is 14.2 Å². The van der Waals surface area contributed by atoms with Crippen molar-refractivity contribution in [1.29, 1.82) is 0 Å². The topological polar surface area (TPSA) is 82.6 Å². The summed E-state index contributed by atoms with van der Waals surface area (Å²) in [4.78, 5) is 28.3. The third-order valence-corrected chi connectivity index (χ3v) is 7.55. The van der Waals surface area contributed by atoms with Gasteiger partial charge in [0, 0.05) is 18.8 Å². The molecule has 1 aliphatic heterocycles. The second-order valence-electron chi connectivity index (χ2n) is 7.23. The van der Waals surface area contributed by atoms with Crippen molar-refractivity contribution in [2.45, 2.75) is 38.5 Å². The van der Waals surface area contributed by atoms with Gasteiger partial charge in [-0.2, -0.15) is 0 Å². The molecule has 1 unspecified atom stereocenters. The van der Waals surface area contributed by atoms with E-state index in [2.05, 4.69) is 20.9 Å². The van der Waals surface area contributed by atoms with Crippen molar-refractivity contribution in [3.63, 3.8) is 0 Å². The molecule has 160 valence electrons. The van der Waals surface area contributed by atoms with Gasteiger partial charge < -0.3 is 14.2 Å². The molecule has 0 spiro atoms. The molecule has 0 saturated carbocycles. The molecule has 2 aromatic heterocycles. The average molecular weight is 495 g/mol. The normalized spacial score (nSPS) is 16.1. The molecule has 1 fully saturated rings. The number of aryl methyl sites for hydroxylation is 1. The van der Waals surface area contributed by atoms with E-state index < -0.39 is 11.8 Å². The number of ether oxygens (including phenoxy) is 3. The minimum absolute atomic E-state index is 0.0272. The van der Waals surface area contributed by atoms with E-state index in [1.165, 1.54) is 11.3 Å². The smallest absolute Gasteiger partial charge is 0.329 e. The Kier molecular flexibility index (Phi) is 6.43. The fraction of sp³-hybridized carbons (Fsp3) is 0.429. The highest BCUT2D eigenvalue weighted by molar-refractivity contribution is 9.11. The van der Waals surface area contributed by atoms with E-state index in [-0.39, 0.29) is 18.2 Å². The Balaban J connectivity index is 1.79. The van der Waals surface area contributed by atoms with Gasteiger partial charge in [0.25, 0.3) is 5.56 Å². The molecule has 3 aromatic rings. The van der Waals surface area contributed by atoms with Crippen LogP contribution in [0.1, 0.15) is 30.1 Å². The number of aromatic amines is 1. The summed E-state index contributed by atoms with van der Waals surface area (Å²) in [5.74, 6) is 0.701. The SMILES string of the molecule is COc1ccccc1C(Cn1c(=O)[nH]c(=O)c2c(C)c(Br)sc21)OC1CCOCC1. The second kappa shape index (κ2) is 9.05. The van der Waals surface area contributed by atoms with Crippen molar-refractivity contribution in [3.05, 3.63) is 60.0 Å². The van der Waals surface area contributed by atoms with Crippen LogP contribution in [0.4, 0.5) is 0 Å². The van der Waals surface area contributed by atoms with E-state index in [1.807, 2.05) is 31.2 Å². The Hall–Kier alpha value is -1.94. The molecule has 1 N–H and O–H groups in total. The molecule has 7 nitrogen and oxygen atoms in total. The maximum Gasteiger partial charge on any atom is 0.329 e. The minimum Gasteiger partial charge on any atom is -0.496 e. The third-order valence-electron chi connectivity index (χ3n) is 5.37. The fourth-order valence-corrected chi connectivity index (χ4v) is 5.47. The van der Waals surface area contributed by atoms with Crippen molar-refractivity contribution < 1.29 is 14.2 Å². The second-order valence-corrected chi connectivity index (χ2v) is 9.55. The van der Waals surface area contributed by atoms with Crippen LogP contribution in [0.2, 0.25) is 0 Å². The van der Waals surface area contributed by atoms with Gasteiger partial charge in [-0.05, 0) is 47.3 Å². The summed E-state index contributed by atoms with van der Waals surface area (Å²) < 4.78 is 19.9. The summed E-state index contributed by atoms with van der Waals surface area (Å²) >= 11 is 4.88. The maximum atomic E-state index is 12.8. The highest BCUT2D eigenvalue weighted by Gasteiger charge is 2.26. The molecule has 0 aliphatic carbocycles. The monoisotopic (exact) mass is 494 g/mol. The van der Waals surface area contributed by atoms with Crippen LogP contribution in [0.15, 0.2) is 37.6 Å². The number of hydrogen-bond acceptors (Lipinski definition) is 6. The van der Waals surface area contributed by atoms with Gasteiger partial charge in [0.15, 0.2) is 0 Å². The van der Waals surface area contributed by atoms with Crippen LogP contribution < -0.4 is 16.0 Å². The van der Waals surface area contributed by atoms with Crippen molar-refractivity contribution in [3.8, 4) is 5.75 Å². The molecule has 4 rings (SSSR count). The van der Waals surface area contributed by atoms with Crippen LogP contribution in [0.25, 0.3) is 10.2 Å². The highest BCUT2D eigenvalue weighted by Crippen LogP contribution is 2.35. The molecule has 30 heavy (non-hydrogen) atoms. The summed E-state index contributed by atoms with van der Waals surface area (Å²) in [6, 6.07) is 7.66. The van der Waals surface area contributed by atoms with Crippen LogP contribution in [0.3, 0.4) is 0 Å². The van der Waals surface area contributed by atoms with Gasteiger partial charge in [0.1, 0.15) is 16.7 Å². The number of para-hydroxylation sites is 1. The molecular weight excluding hydrogens is 472 g/mol. The fourth-order valence-electron chi connectivity index (χ4n) is 3.77. The van der Waals surface area contributed by atoms with Crippen LogP contribution in [0.5, 0.6) is 5.75 Å². The molecule has 1 aromatic carbocycles. The number of thiophene rings is 1. The number of benzene rings is 1. The number of aromatic nitrogens is 2. The summed E-state index contributed by atoms with van der Waals surface area (Å²) in [6.07, 6.45) is 1.20.